The first-order chi connectivity index (χ1) is 11.2. The maximum Gasteiger partial charge on any atom is 0.244 e. The van der Waals surface area contributed by atoms with Gasteiger partial charge in [-0.05, 0) is 48.9 Å². The molecule has 1 amide bonds. The number of aromatic nitrogens is 1. The zero-order valence-corrected chi connectivity index (χ0v) is 13.2. The van der Waals surface area contributed by atoms with Crippen molar-refractivity contribution >= 4 is 12.0 Å². The first-order valence-electron chi connectivity index (χ1n) is 7.34. The summed E-state index contributed by atoms with van der Waals surface area (Å²) in [4.78, 5) is 15.8. The van der Waals surface area contributed by atoms with Crippen molar-refractivity contribution in [3.8, 4) is 11.5 Å². The Hall–Kier alpha value is -2.82. The van der Waals surface area contributed by atoms with E-state index < -0.39 is 0 Å². The second-order valence-corrected chi connectivity index (χ2v) is 4.97. The van der Waals surface area contributed by atoms with Crippen LogP contribution in [0.2, 0.25) is 0 Å². The number of hydrogen-bond donors (Lipinski definition) is 1. The molecule has 0 saturated carbocycles. The highest BCUT2D eigenvalue weighted by molar-refractivity contribution is 5.91. The Balaban J connectivity index is 1.75. The molecule has 2 aromatic rings. The molecule has 1 unspecified atom stereocenters. The molecule has 0 aliphatic carbocycles. The van der Waals surface area contributed by atoms with E-state index >= 15 is 0 Å². The number of rotatable bonds is 7. The van der Waals surface area contributed by atoms with Gasteiger partial charge in [0.1, 0.15) is 17.6 Å². The van der Waals surface area contributed by atoms with Gasteiger partial charge in [-0.2, -0.15) is 0 Å². The van der Waals surface area contributed by atoms with Crippen LogP contribution in [0.3, 0.4) is 0 Å². The number of pyridine rings is 1. The molecular formula is C18H20N2O3. The van der Waals surface area contributed by atoms with Gasteiger partial charge in [-0.25, -0.2) is 0 Å². The molecular weight excluding hydrogens is 292 g/mol. The molecule has 1 atom stereocenters. The van der Waals surface area contributed by atoms with E-state index in [0.29, 0.717) is 6.54 Å². The SMILES string of the molecule is COc1ccc(OC(C)CNC(=O)C=Cc2cccnc2)cc1. The molecule has 0 spiro atoms. The minimum absolute atomic E-state index is 0.140. The molecule has 0 bridgehead atoms. The third-order valence-electron chi connectivity index (χ3n) is 3.07. The van der Waals surface area contributed by atoms with Crippen LogP contribution in [0, 0.1) is 0 Å². The minimum Gasteiger partial charge on any atom is -0.497 e. The maximum absolute atomic E-state index is 11.8. The highest BCUT2D eigenvalue weighted by atomic mass is 16.5. The molecule has 0 saturated heterocycles. The van der Waals surface area contributed by atoms with E-state index in [0.717, 1.165) is 17.1 Å². The summed E-state index contributed by atoms with van der Waals surface area (Å²) >= 11 is 0. The van der Waals surface area contributed by atoms with Crippen molar-refractivity contribution < 1.29 is 14.3 Å². The van der Waals surface area contributed by atoms with Gasteiger partial charge < -0.3 is 14.8 Å². The number of nitrogens with zero attached hydrogens (tertiary/aromatic N) is 1. The number of carbonyl (C=O) groups is 1. The van der Waals surface area contributed by atoms with Gasteiger partial charge in [-0.15, -0.1) is 0 Å². The lowest BCUT2D eigenvalue weighted by atomic mass is 10.2. The summed E-state index contributed by atoms with van der Waals surface area (Å²) in [6, 6.07) is 11.0. The van der Waals surface area contributed by atoms with Crippen molar-refractivity contribution in [1.29, 1.82) is 0 Å². The Bertz CT molecular complexity index is 639. The van der Waals surface area contributed by atoms with E-state index in [2.05, 4.69) is 10.3 Å². The van der Waals surface area contributed by atoms with E-state index in [4.69, 9.17) is 9.47 Å². The van der Waals surface area contributed by atoms with E-state index in [1.807, 2.05) is 43.3 Å². The maximum atomic E-state index is 11.8. The molecule has 0 aliphatic rings. The Morgan fingerprint density at radius 1 is 1.26 bits per heavy atom. The third-order valence-corrected chi connectivity index (χ3v) is 3.07. The lowest BCUT2D eigenvalue weighted by molar-refractivity contribution is -0.116. The Kier molecular flexibility index (Phi) is 6.17. The lowest BCUT2D eigenvalue weighted by Crippen LogP contribution is -2.32. The fourth-order valence-corrected chi connectivity index (χ4v) is 1.88. The molecule has 1 aromatic carbocycles. The van der Waals surface area contributed by atoms with Crippen molar-refractivity contribution in [1.82, 2.24) is 10.3 Å². The van der Waals surface area contributed by atoms with Crippen molar-refractivity contribution in [3.63, 3.8) is 0 Å². The molecule has 120 valence electrons. The smallest absolute Gasteiger partial charge is 0.244 e. The van der Waals surface area contributed by atoms with Crippen molar-refractivity contribution in [3.05, 3.63) is 60.4 Å². The predicted molar refractivity (Wildman–Crippen MR) is 89.4 cm³/mol. The van der Waals surface area contributed by atoms with Crippen LogP contribution in [0.1, 0.15) is 12.5 Å². The van der Waals surface area contributed by atoms with Crippen LogP contribution in [0.25, 0.3) is 6.08 Å². The second-order valence-electron chi connectivity index (χ2n) is 4.97. The summed E-state index contributed by atoms with van der Waals surface area (Å²) in [5, 5.41) is 2.80. The van der Waals surface area contributed by atoms with E-state index in [1.54, 1.807) is 25.6 Å². The monoisotopic (exact) mass is 312 g/mol. The van der Waals surface area contributed by atoms with E-state index in [9.17, 15) is 4.79 Å². The highest BCUT2D eigenvalue weighted by Gasteiger charge is 2.05. The van der Waals surface area contributed by atoms with E-state index in [1.165, 1.54) is 6.08 Å². The van der Waals surface area contributed by atoms with Gasteiger partial charge in [-0.3, -0.25) is 9.78 Å². The van der Waals surface area contributed by atoms with Gasteiger partial charge in [0.2, 0.25) is 5.91 Å². The topological polar surface area (TPSA) is 60.5 Å². The molecule has 23 heavy (non-hydrogen) atoms. The lowest BCUT2D eigenvalue weighted by Gasteiger charge is -2.15. The van der Waals surface area contributed by atoms with Crippen LogP contribution >= 0.6 is 0 Å². The zero-order chi connectivity index (χ0) is 16.5. The van der Waals surface area contributed by atoms with Crippen LogP contribution in [0.5, 0.6) is 11.5 Å². The predicted octanol–water partition coefficient (Wildman–Crippen LogP) is 2.69. The number of hydrogen-bond acceptors (Lipinski definition) is 4. The van der Waals surface area contributed by atoms with Gasteiger partial charge in [-0.1, -0.05) is 6.07 Å². The number of methoxy groups -OCH3 is 1. The zero-order valence-electron chi connectivity index (χ0n) is 13.2. The molecule has 1 N–H and O–H groups in total. The molecule has 2 rings (SSSR count). The molecule has 0 radical (unpaired) electrons. The average molecular weight is 312 g/mol. The second kappa shape index (κ2) is 8.58. The molecule has 1 aromatic heterocycles. The number of amides is 1. The van der Waals surface area contributed by atoms with Crippen LogP contribution in [0.15, 0.2) is 54.9 Å². The fourth-order valence-electron chi connectivity index (χ4n) is 1.88. The van der Waals surface area contributed by atoms with Gasteiger partial charge in [0.05, 0.1) is 13.7 Å². The fraction of sp³-hybridized carbons (Fsp3) is 0.222. The summed E-state index contributed by atoms with van der Waals surface area (Å²) in [6.45, 7) is 2.32. The van der Waals surface area contributed by atoms with Crippen LogP contribution < -0.4 is 14.8 Å². The quantitative estimate of drug-likeness (QED) is 0.799. The highest BCUT2D eigenvalue weighted by Crippen LogP contribution is 2.17. The Labute approximate surface area is 136 Å². The minimum atomic E-state index is -0.168. The van der Waals surface area contributed by atoms with E-state index in [-0.39, 0.29) is 12.0 Å². The molecule has 5 heteroatoms. The average Bonchev–Trinajstić information content (AvgIpc) is 2.60. The number of benzene rings is 1. The number of ether oxygens (including phenoxy) is 2. The van der Waals surface area contributed by atoms with Gasteiger partial charge in [0.15, 0.2) is 0 Å². The molecule has 1 heterocycles. The summed E-state index contributed by atoms with van der Waals surface area (Å²) in [5.74, 6) is 1.34. The normalized spacial score (nSPS) is 11.9. The van der Waals surface area contributed by atoms with Crippen LogP contribution in [-0.2, 0) is 4.79 Å². The molecule has 0 aliphatic heterocycles. The number of carbonyl (C=O) groups excluding carboxylic acids is 1. The summed E-state index contributed by atoms with van der Waals surface area (Å²) in [5.41, 5.74) is 0.880. The third kappa shape index (κ3) is 5.82. The van der Waals surface area contributed by atoms with Crippen molar-refractivity contribution in [2.75, 3.05) is 13.7 Å². The van der Waals surface area contributed by atoms with Gasteiger partial charge >= 0.3 is 0 Å². The van der Waals surface area contributed by atoms with Crippen molar-refractivity contribution in [2.24, 2.45) is 0 Å². The first kappa shape index (κ1) is 16.5. The standard InChI is InChI=1S/C18H20N2O3/c1-14(23-17-8-6-16(22-2)7-9-17)12-20-18(21)10-5-15-4-3-11-19-13-15/h3-11,13-14H,12H2,1-2H3,(H,20,21). The number of nitrogens with one attached hydrogen (secondary N) is 1. The van der Waals surface area contributed by atoms with Gasteiger partial charge in [0.25, 0.3) is 0 Å². The van der Waals surface area contributed by atoms with Crippen LogP contribution in [0.4, 0.5) is 0 Å². The summed E-state index contributed by atoms with van der Waals surface area (Å²) in [6.07, 6.45) is 6.45. The van der Waals surface area contributed by atoms with Crippen molar-refractivity contribution in [2.45, 2.75) is 13.0 Å². The Morgan fingerprint density at radius 3 is 2.65 bits per heavy atom. The largest absolute Gasteiger partial charge is 0.497 e. The molecule has 0 fully saturated rings. The summed E-state index contributed by atoms with van der Waals surface area (Å²) < 4.78 is 10.8. The van der Waals surface area contributed by atoms with Crippen LogP contribution in [-0.4, -0.2) is 30.6 Å². The summed E-state index contributed by atoms with van der Waals surface area (Å²) in [7, 11) is 1.62. The molecule has 5 nitrogen and oxygen atoms in total. The first-order valence-corrected chi connectivity index (χ1v) is 7.34. The van der Waals surface area contributed by atoms with Gasteiger partial charge in [0, 0.05) is 18.5 Å². The Morgan fingerprint density at radius 2 is 2.00 bits per heavy atom.